The normalized spacial score (nSPS) is 30.0. The van der Waals surface area contributed by atoms with Gasteiger partial charge in [0.05, 0.1) is 0 Å². The van der Waals surface area contributed by atoms with E-state index in [9.17, 15) is 0 Å². The summed E-state index contributed by atoms with van der Waals surface area (Å²) in [6.45, 7) is 1.99. The van der Waals surface area contributed by atoms with E-state index in [1.165, 1.54) is 0 Å². The van der Waals surface area contributed by atoms with E-state index in [0.717, 1.165) is 6.42 Å². The molecule has 0 aromatic rings. The molecule has 2 N–H and O–H groups in total. The van der Waals surface area contributed by atoms with Gasteiger partial charge in [-0.05, 0) is 6.42 Å². The van der Waals surface area contributed by atoms with Gasteiger partial charge >= 0.3 is 6.16 Å². The molecule has 1 rings (SSSR count). The van der Waals surface area contributed by atoms with Gasteiger partial charge in [0, 0.05) is 11.3 Å². The number of rotatable bonds is 1. The number of hydrogen-bond donors (Lipinski definition) is 2. The van der Waals surface area contributed by atoms with Crippen LogP contribution in [0, 0.1) is 5.41 Å². The van der Waals surface area contributed by atoms with Crippen molar-refractivity contribution in [3.63, 3.8) is 0 Å². The molecule has 0 bridgehead atoms. The van der Waals surface area contributed by atoms with E-state index in [1.54, 1.807) is 0 Å². The fourth-order valence-corrected chi connectivity index (χ4v) is 1.77. The van der Waals surface area contributed by atoms with E-state index < -0.39 is 10.5 Å². The van der Waals surface area contributed by atoms with Crippen molar-refractivity contribution >= 4 is 41.0 Å². The van der Waals surface area contributed by atoms with Gasteiger partial charge in [0.2, 0.25) is 0 Å². The summed E-state index contributed by atoms with van der Waals surface area (Å²) in [6.07, 6.45) is -1.01. The summed E-state index contributed by atoms with van der Waals surface area (Å²) in [4.78, 5) is 8.56. The highest BCUT2D eigenvalue weighted by Crippen LogP contribution is 2.64. The highest BCUT2D eigenvalue weighted by molar-refractivity contribution is 6.51. The fraction of sp³-hybridized carbons (Fsp3) is 0.833. The standard InChI is InChI=1S/C5H7Cl3.CH2O3/c1-4(3-6)2-5(4,7)8;2-1(3)4/h2-3H2,1H3;(H2,2,3,4). The number of alkyl halides is 3. The lowest BCUT2D eigenvalue weighted by Gasteiger charge is -2.03. The number of hydrogen-bond acceptors (Lipinski definition) is 1. The van der Waals surface area contributed by atoms with E-state index in [4.69, 9.17) is 49.8 Å². The van der Waals surface area contributed by atoms with Gasteiger partial charge in [0.25, 0.3) is 0 Å². The molecule has 0 aliphatic heterocycles. The Kier molecular flexibility index (Phi) is 3.94. The predicted molar refractivity (Wildman–Crippen MR) is 48.5 cm³/mol. The van der Waals surface area contributed by atoms with Crippen molar-refractivity contribution < 1.29 is 15.0 Å². The molecule has 3 nitrogen and oxygen atoms in total. The lowest BCUT2D eigenvalue weighted by Crippen LogP contribution is -2.04. The minimum Gasteiger partial charge on any atom is -0.450 e. The third kappa shape index (κ3) is 3.25. The molecule has 0 aromatic heterocycles. The predicted octanol–water partition coefficient (Wildman–Crippen LogP) is 3.03. The molecule has 0 radical (unpaired) electrons. The summed E-state index contributed by atoms with van der Waals surface area (Å²) in [5.74, 6) is 0.556. The number of carbonyl (C=O) groups is 1. The third-order valence-corrected chi connectivity index (χ3v) is 3.43. The van der Waals surface area contributed by atoms with E-state index in [1.807, 2.05) is 6.92 Å². The maximum absolute atomic E-state index is 8.56. The molecule has 0 heterocycles. The van der Waals surface area contributed by atoms with Crippen LogP contribution in [-0.2, 0) is 0 Å². The SMILES string of the molecule is CC1(CCl)CC1(Cl)Cl.O=C(O)O. The van der Waals surface area contributed by atoms with Gasteiger partial charge in [-0.25, -0.2) is 4.79 Å². The van der Waals surface area contributed by atoms with Crippen LogP contribution >= 0.6 is 34.8 Å². The minimum atomic E-state index is -1.83. The topological polar surface area (TPSA) is 57.5 Å². The second kappa shape index (κ2) is 3.90. The van der Waals surface area contributed by atoms with Crippen LogP contribution in [0.15, 0.2) is 0 Å². The monoisotopic (exact) mass is 234 g/mol. The summed E-state index contributed by atoms with van der Waals surface area (Å²) in [7, 11) is 0. The quantitative estimate of drug-likeness (QED) is 0.687. The molecule has 1 fully saturated rings. The van der Waals surface area contributed by atoms with Crippen LogP contribution in [0.25, 0.3) is 0 Å². The maximum Gasteiger partial charge on any atom is 0.503 e. The molecule has 0 spiro atoms. The van der Waals surface area contributed by atoms with Gasteiger partial charge in [0.15, 0.2) is 0 Å². The van der Waals surface area contributed by atoms with Crippen molar-refractivity contribution in [3.05, 3.63) is 0 Å². The van der Waals surface area contributed by atoms with Crippen molar-refractivity contribution in [2.45, 2.75) is 17.7 Å². The van der Waals surface area contributed by atoms with Crippen molar-refractivity contribution in [2.24, 2.45) is 5.41 Å². The summed E-state index contributed by atoms with van der Waals surface area (Å²) >= 11 is 17.0. The van der Waals surface area contributed by atoms with Crippen molar-refractivity contribution in [1.29, 1.82) is 0 Å². The fourth-order valence-electron chi connectivity index (χ4n) is 0.591. The maximum atomic E-state index is 8.56. The Balaban J connectivity index is 0.000000261. The average Bonchev–Trinajstić information content (AvgIpc) is 2.32. The molecule has 0 amide bonds. The van der Waals surface area contributed by atoms with Gasteiger partial charge in [-0.3, -0.25) is 0 Å². The van der Waals surface area contributed by atoms with Crippen LogP contribution in [0.2, 0.25) is 0 Å². The summed E-state index contributed by atoms with van der Waals surface area (Å²) < 4.78 is -0.533. The third-order valence-electron chi connectivity index (χ3n) is 1.67. The highest BCUT2D eigenvalue weighted by atomic mass is 35.5. The van der Waals surface area contributed by atoms with Crippen molar-refractivity contribution in [2.75, 3.05) is 5.88 Å². The molecule has 1 saturated carbocycles. The Bertz CT molecular complexity index is 179. The Morgan fingerprint density at radius 3 is 1.75 bits per heavy atom. The summed E-state index contributed by atoms with van der Waals surface area (Å²) in [6, 6.07) is 0. The number of carboxylic acid groups (broad SMARTS) is 2. The van der Waals surface area contributed by atoms with E-state index >= 15 is 0 Å². The molecule has 0 saturated heterocycles. The minimum absolute atomic E-state index is 0.0162. The van der Waals surface area contributed by atoms with Gasteiger partial charge in [-0.15, -0.1) is 34.8 Å². The molecule has 1 atom stereocenters. The Morgan fingerprint density at radius 2 is 1.75 bits per heavy atom. The molecule has 12 heavy (non-hydrogen) atoms. The molecule has 1 unspecified atom stereocenters. The second-order valence-electron chi connectivity index (χ2n) is 2.86. The molecule has 1 aliphatic carbocycles. The Labute approximate surface area is 85.2 Å². The number of halogens is 3. The first-order chi connectivity index (χ1) is 5.25. The van der Waals surface area contributed by atoms with Gasteiger partial charge in [-0.1, -0.05) is 6.92 Å². The van der Waals surface area contributed by atoms with Crippen LogP contribution in [0.1, 0.15) is 13.3 Å². The Morgan fingerprint density at radius 1 is 1.50 bits per heavy atom. The first-order valence-corrected chi connectivity index (χ1v) is 4.40. The molecule has 72 valence electrons. The lowest BCUT2D eigenvalue weighted by atomic mass is 10.2. The summed E-state index contributed by atoms with van der Waals surface area (Å²) in [5, 5.41) is 13.9. The largest absolute Gasteiger partial charge is 0.503 e. The molecule has 1 aliphatic rings. The molecule has 6 heteroatoms. The van der Waals surface area contributed by atoms with Gasteiger partial charge < -0.3 is 10.2 Å². The van der Waals surface area contributed by atoms with Gasteiger partial charge in [0.1, 0.15) is 4.33 Å². The van der Waals surface area contributed by atoms with Crippen LogP contribution in [-0.4, -0.2) is 26.6 Å². The first-order valence-electron chi connectivity index (χ1n) is 3.11. The molecular weight excluding hydrogens is 226 g/mol. The van der Waals surface area contributed by atoms with E-state index in [2.05, 4.69) is 0 Å². The first kappa shape index (κ1) is 12.1. The zero-order valence-corrected chi connectivity index (χ0v) is 8.62. The van der Waals surface area contributed by atoms with Crippen LogP contribution < -0.4 is 0 Å². The van der Waals surface area contributed by atoms with Crippen LogP contribution in [0.5, 0.6) is 0 Å². The van der Waals surface area contributed by atoms with E-state index in [-0.39, 0.29) is 5.41 Å². The lowest BCUT2D eigenvalue weighted by molar-refractivity contribution is 0.137. The molecule has 0 aromatic carbocycles. The van der Waals surface area contributed by atoms with Crippen molar-refractivity contribution in [3.8, 4) is 0 Å². The zero-order chi connectivity index (χ0) is 9.99. The summed E-state index contributed by atoms with van der Waals surface area (Å²) in [5.41, 5.74) is -0.0162. The van der Waals surface area contributed by atoms with Crippen molar-refractivity contribution in [1.82, 2.24) is 0 Å². The zero-order valence-electron chi connectivity index (χ0n) is 6.35. The molecular formula is C6H9Cl3O3. The van der Waals surface area contributed by atoms with E-state index in [0.29, 0.717) is 5.88 Å². The Hall–Kier alpha value is 0.140. The van der Waals surface area contributed by atoms with Gasteiger partial charge in [-0.2, -0.15) is 0 Å². The van der Waals surface area contributed by atoms with Crippen LogP contribution in [0.3, 0.4) is 0 Å². The van der Waals surface area contributed by atoms with Crippen LogP contribution in [0.4, 0.5) is 4.79 Å². The highest BCUT2D eigenvalue weighted by Gasteiger charge is 2.62. The smallest absolute Gasteiger partial charge is 0.450 e. The average molecular weight is 235 g/mol. The second-order valence-corrected chi connectivity index (χ2v) is 4.61.